The third-order valence-electron chi connectivity index (χ3n) is 7.58. The predicted octanol–water partition coefficient (Wildman–Crippen LogP) is 2.28. The van der Waals surface area contributed by atoms with Gasteiger partial charge in [0, 0.05) is 49.3 Å². The molecular weight excluding hydrogens is 390 g/mol. The average molecular weight is 413 g/mol. The molecule has 4 atom stereocenters. The quantitative estimate of drug-likeness (QED) is 0.526. The van der Waals surface area contributed by atoms with Crippen molar-refractivity contribution < 1.29 is 0 Å². The van der Waals surface area contributed by atoms with Gasteiger partial charge >= 0.3 is 0 Å². The summed E-state index contributed by atoms with van der Waals surface area (Å²) in [6.07, 6.45) is 7.90. The summed E-state index contributed by atoms with van der Waals surface area (Å²) < 4.78 is 1.89. The molecule has 31 heavy (non-hydrogen) atoms. The third kappa shape index (κ3) is 2.32. The highest BCUT2D eigenvalue weighted by Gasteiger charge is 2.71. The summed E-state index contributed by atoms with van der Waals surface area (Å²) in [5.41, 5.74) is 4.55. The molecule has 2 bridgehead atoms. The summed E-state index contributed by atoms with van der Waals surface area (Å²) >= 11 is 0. The van der Waals surface area contributed by atoms with Crippen LogP contribution in [0.3, 0.4) is 0 Å². The van der Waals surface area contributed by atoms with E-state index >= 15 is 0 Å². The molecule has 4 aromatic heterocycles. The summed E-state index contributed by atoms with van der Waals surface area (Å²) in [7, 11) is 4.16. The second kappa shape index (κ2) is 5.88. The zero-order valence-electron chi connectivity index (χ0n) is 17.4. The first-order valence-corrected chi connectivity index (χ1v) is 10.8. The van der Waals surface area contributed by atoms with Crippen LogP contribution in [0, 0.1) is 11.8 Å². The van der Waals surface area contributed by atoms with Gasteiger partial charge < -0.3 is 10.6 Å². The third-order valence-corrected chi connectivity index (χ3v) is 7.58. The molecule has 1 spiro atoms. The van der Waals surface area contributed by atoms with Crippen LogP contribution in [-0.2, 0) is 0 Å². The van der Waals surface area contributed by atoms with Gasteiger partial charge in [-0.1, -0.05) is 0 Å². The van der Waals surface area contributed by atoms with Gasteiger partial charge in [0.1, 0.15) is 11.0 Å². The van der Waals surface area contributed by atoms with Crippen molar-refractivity contribution in [3.8, 4) is 11.3 Å². The van der Waals surface area contributed by atoms with E-state index in [1.54, 1.807) is 12.4 Å². The zero-order valence-corrected chi connectivity index (χ0v) is 17.4. The summed E-state index contributed by atoms with van der Waals surface area (Å²) in [5, 5.41) is 11.7. The van der Waals surface area contributed by atoms with Gasteiger partial charge in [-0.3, -0.25) is 9.88 Å². The monoisotopic (exact) mass is 413 g/mol. The maximum Gasteiger partial charge on any atom is 0.243 e. The SMILES string of the molecule is CNc1nc(NC2C3CN(C)C4(C3)CC24)nn2ccc(-c3ccc4nccnc4n3)c12. The molecule has 9 heteroatoms. The number of nitrogens with one attached hydrogen (secondary N) is 2. The Morgan fingerprint density at radius 2 is 2.00 bits per heavy atom. The lowest BCUT2D eigenvalue weighted by Gasteiger charge is -2.28. The number of pyridine rings is 1. The topological polar surface area (TPSA) is 96.2 Å². The number of aromatic nitrogens is 6. The maximum absolute atomic E-state index is 4.83. The van der Waals surface area contributed by atoms with Crippen LogP contribution in [0.2, 0.25) is 0 Å². The standard InChI is InChI=1S/C22H23N9/c1-23-20-18-13(15-3-4-16-19(26-15)25-7-6-24-16)5-8-31(18)29-21(28-20)27-17-12-9-22(10-14(17)22)30(2)11-12/h3-8,12,14,17H,9-11H2,1-2H3,(H2,23,27,28,29). The Bertz CT molecular complexity index is 1350. The molecule has 4 aromatic rings. The van der Waals surface area contributed by atoms with E-state index < -0.39 is 0 Å². The lowest BCUT2D eigenvalue weighted by molar-refractivity contribution is 0.236. The van der Waals surface area contributed by atoms with E-state index in [4.69, 9.17) is 15.1 Å². The van der Waals surface area contributed by atoms with E-state index in [9.17, 15) is 0 Å². The predicted molar refractivity (Wildman–Crippen MR) is 118 cm³/mol. The molecule has 3 aliphatic rings. The van der Waals surface area contributed by atoms with E-state index in [0.29, 0.717) is 29.1 Å². The van der Waals surface area contributed by atoms with Crippen molar-refractivity contribution in [3.63, 3.8) is 0 Å². The number of anilines is 2. The van der Waals surface area contributed by atoms with Crippen LogP contribution >= 0.6 is 0 Å². The second-order valence-corrected chi connectivity index (χ2v) is 9.08. The smallest absolute Gasteiger partial charge is 0.243 e. The molecule has 7 rings (SSSR count). The van der Waals surface area contributed by atoms with Gasteiger partial charge in [-0.15, -0.1) is 5.10 Å². The fourth-order valence-electron chi connectivity index (χ4n) is 6.07. The number of rotatable bonds is 4. The van der Waals surface area contributed by atoms with Crippen molar-refractivity contribution in [1.82, 2.24) is 34.4 Å². The van der Waals surface area contributed by atoms with Gasteiger partial charge in [0.15, 0.2) is 11.5 Å². The van der Waals surface area contributed by atoms with Crippen molar-refractivity contribution in [1.29, 1.82) is 0 Å². The van der Waals surface area contributed by atoms with Gasteiger partial charge in [-0.2, -0.15) is 4.98 Å². The zero-order chi connectivity index (χ0) is 20.7. The molecule has 1 saturated heterocycles. The van der Waals surface area contributed by atoms with E-state index in [-0.39, 0.29) is 0 Å². The van der Waals surface area contributed by atoms with Crippen molar-refractivity contribution in [2.24, 2.45) is 11.8 Å². The minimum absolute atomic E-state index is 0.448. The van der Waals surface area contributed by atoms with Gasteiger partial charge in [0.25, 0.3) is 0 Å². The van der Waals surface area contributed by atoms with E-state index in [1.807, 2.05) is 36.0 Å². The van der Waals surface area contributed by atoms with Crippen molar-refractivity contribution in [3.05, 3.63) is 36.8 Å². The first-order chi connectivity index (χ1) is 15.2. The highest BCUT2D eigenvalue weighted by Crippen LogP contribution is 2.65. The van der Waals surface area contributed by atoms with Crippen LogP contribution in [0.15, 0.2) is 36.8 Å². The maximum atomic E-state index is 4.83. The molecule has 2 aliphatic carbocycles. The first-order valence-electron chi connectivity index (χ1n) is 10.8. The van der Waals surface area contributed by atoms with Gasteiger partial charge in [-0.25, -0.2) is 14.5 Å². The molecule has 4 unspecified atom stereocenters. The first kappa shape index (κ1) is 17.4. The van der Waals surface area contributed by atoms with Crippen molar-refractivity contribution in [2.45, 2.75) is 24.4 Å². The summed E-state index contributed by atoms with van der Waals surface area (Å²) in [5.74, 6) is 2.86. The Morgan fingerprint density at radius 3 is 2.84 bits per heavy atom. The van der Waals surface area contributed by atoms with E-state index in [0.717, 1.165) is 34.0 Å². The van der Waals surface area contributed by atoms with Crippen LogP contribution in [-0.4, -0.2) is 66.7 Å². The minimum Gasteiger partial charge on any atom is -0.371 e. The summed E-state index contributed by atoms with van der Waals surface area (Å²) in [6.45, 7) is 1.17. The Hall–Kier alpha value is -3.33. The molecule has 3 fully saturated rings. The fourth-order valence-corrected chi connectivity index (χ4v) is 6.07. The lowest BCUT2D eigenvalue weighted by atomic mass is 10.00. The summed E-state index contributed by atoms with van der Waals surface area (Å²) in [6, 6.07) is 6.41. The highest BCUT2D eigenvalue weighted by atomic mass is 15.4. The normalized spacial score (nSPS) is 28.9. The molecule has 2 N–H and O–H groups in total. The number of hydrogen-bond donors (Lipinski definition) is 2. The van der Waals surface area contributed by atoms with Crippen LogP contribution in [0.1, 0.15) is 12.8 Å². The number of nitrogens with zero attached hydrogens (tertiary/aromatic N) is 7. The Balaban J connectivity index is 1.27. The second-order valence-electron chi connectivity index (χ2n) is 9.08. The molecule has 9 nitrogen and oxygen atoms in total. The lowest BCUT2D eigenvalue weighted by Crippen LogP contribution is -2.40. The molecule has 0 radical (unpaired) electrons. The number of likely N-dealkylation sites (tertiary alicyclic amines) is 1. The Kier molecular flexibility index (Phi) is 3.29. The van der Waals surface area contributed by atoms with Gasteiger partial charge in [0.2, 0.25) is 5.95 Å². The van der Waals surface area contributed by atoms with Crippen LogP contribution in [0.4, 0.5) is 11.8 Å². The minimum atomic E-state index is 0.448. The molecule has 5 heterocycles. The number of fused-ring (bicyclic) bond motifs is 3. The van der Waals surface area contributed by atoms with Crippen LogP contribution in [0.5, 0.6) is 0 Å². The molecule has 156 valence electrons. The number of hydrogen-bond acceptors (Lipinski definition) is 8. The van der Waals surface area contributed by atoms with Crippen molar-refractivity contribution in [2.75, 3.05) is 31.3 Å². The van der Waals surface area contributed by atoms with Gasteiger partial charge in [-0.05, 0) is 49.9 Å². The number of piperidine rings is 1. The van der Waals surface area contributed by atoms with Crippen LogP contribution < -0.4 is 10.6 Å². The molecular formula is C22H23N9. The van der Waals surface area contributed by atoms with Crippen molar-refractivity contribution >= 4 is 28.4 Å². The molecule has 2 saturated carbocycles. The van der Waals surface area contributed by atoms with E-state index in [1.165, 1.54) is 19.4 Å². The summed E-state index contributed by atoms with van der Waals surface area (Å²) in [4.78, 5) is 20.7. The Labute approximate surface area is 178 Å². The van der Waals surface area contributed by atoms with Gasteiger partial charge in [0.05, 0.1) is 5.69 Å². The van der Waals surface area contributed by atoms with E-state index in [2.05, 4.69) is 32.5 Å². The molecule has 0 amide bonds. The molecule has 1 aliphatic heterocycles. The molecule has 0 aromatic carbocycles. The largest absolute Gasteiger partial charge is 0.371 e. The van der Waals surface area contributed by atoms with Crippen LogP contribution in [0.25, 0.3) is 27.9 Å². The fraction of sp³-hybridized carbons (Fsp3) is 0.409. The highest BCUT2D eigenvalue weighted by molar-refractivity contribution is 5.89. The Morgan fingerprint density at radius 1 is 1.10 bits per heavy atom. The average Bonchev–Trinajstić information content (AvgIpc) is 3.07.